The van der Waals surface area contributed by atoms with E-state index in [4.69, 9.17) is 4.79 Å². The van der Waals surface area contributed by atoms with E-state index in [1.54, 1.807) is 25.1 Å². The molecule has 0 saturated heterocycles. The molecular formula is C20H18O5. The quantitative estimate of drug-likeness (QED) is 0.544. The zero-order chi connectivity index (χ0) is 18.9. The van der Waals surface area contributed by atoms with Crippen LogP contribution >= 0.6 is 0 Å². The first kappa shape index (κ1) is 18.3. The molecule has 1 aliphatic carbocycles. The first-order valence-electron chi connectivity index (χ1n) is 7.71. The minimum absolute atomic E-state index is 0.0705. The zero-order valence-electron chi connectivity index (χ0n) is 14.5. The fraction of sp³-hybridized carbons (Fsp3) is 0.200. The van der Waals surface area contributed by atoms with Crippen LogP contribution in [-0.2, 0) is 4.79 Å². The van der Waals surface area contributed by atoms with Crippen molar-refractivity contribution in [2.45, 2.75) is 27.7 Å². The Labute approximate surface area is 145 Å². The van der Waals surface area contributed by atoms with Crippen molar-refractivity contribution in [2.24, 2.45) is 0 Å². The largest absolute Gasteiger partial charge is 0.506 e. The highest BCUT2D eigenvalue weighted by Gasteiger charge is 2.34. The van der Waals surface area contributed by atoms with Crippen LogP contribution in [0.4, 0.5) is 0 Å². The number of hydrogen-bond acceptors (Lipinski definition) is 5. The summed E-state index contributed by atoms with van der Waals surface area (Å²) in [5.41, 5.74) is 2.11. The average Bonchev–Trinajstić information content (AvgIpc) is 2.52. The Hall–Kier alpha value is -3.08. The zero-order valence-corrected chi connectivity index (χ0v) is 14.5. The number of fused-ring (bicyclic) bond motifs is 2. The van der Waals surface area contributed by atoms with E-state index in [-0.39, 0.29) is 33.8 Å². The summed E-state index contributed by atoms with van der Waals surface area (Å²) in [7, 11) is 0. The van der Waals surface area contributed by atoms with Crippen molar-refractivity contribution in [1.82, 2.24) is 0 Å². The summed E-state index contributed by atoms with van der Waals surface area (Å²) in [5.74, 6) is -1.47. The number of carbonyl (C=O) groups excluding carboxylic acids is 4. The van der Waals surface area contributed by atoms with Gasteiger partial charge in [0.15, 0.2) is 17.3 Å². The molecule has 5 nitrogen and oxygen atoms in total. The van der Waals surface area contributed by atoms with Gasteiger partial charge in [0.2, 0.25) is 0 Å². The van der Waals surface area contributed by atoms with Gasteiger partial charge in [-0.15, -0.1) is 0 Å². The second-order valence-corrected chi connectivity index (χ2v) is 5.84. The number of aromatic hydroxyl groups is 1. The first-order chi connectivity index (χ1) is 11.7. The molecule has 3 rings (SSSR count). The van der Waals surface area contributed by atoms with Gasteiger partial charge in [0, 0.05) is 16.7 Å². The standard InChI is InChI=1S/C18H14O4.C2H4O/c1-8-4-5-11-12(6-8)17(21)15-13(16(11)20)7-9(2)14(10(3)19)18(15)22;1-2-3/h4-7,22H,1-3H3;2H,1H3. The normalized spacial score (nSPS) is 11.8. The molecular weight excluding hydrogens is 320 g/mol. The summed E-state index contributed by atoms with van der Waals surface area (Å²) < 4.78 is 0. The molecule has 2 aromatic rings. The average molecular weight is 338 g/mol. The smallest absolute Gasteiger partial charge is 0.198 e. The maximum Gasteiger partial charge on any atom is 0.198 e. The SMILES string of the molecule is CC(=O)c1c(C)cc2c(c1O)C(=O)c1cc(C)ccc1C2=O.CC=O. The van der Waals surface area contributed by atoms with Gasteiger partial charge in [0.25, 0.3) is 0 Å². The molecule has 0 radical (unpaired) electrons. The third kappa shape index (κ3) is 3.01. The maximum absolute atomic E-state index is 12.7. The number of aldehydes is 1. The van der Waals surface area contributed by atoms with Crippen molar-refractivity contribution in [1.29, 1.82) is 0 Å². The first-order valence-corrected chi connectivity index (χ1v) is 7.71. The number of phenolic OH excluding ortho intramolecular Hbond substituents is 1. The van der Waals surface area contributed by atoms with Crippen LogP contribution in [-0.4, -0.2) is 28.7 Å². The monoisotopic (exact) mass is 338 g/mol. The molecule has 0 saturated carbocycles. The second-order valence-electron chi connectivity index (χ2n) is 5.84. The van der Waals surface area contributed by atoms with Crippen molar-refractivity contribution in [2.75, 3.05) is 0 Å². The molecule has 2 aromatic carbocycles. The highest BCUT2D eigenvalue weighted by molar-refractivity contribution is 6.30. The topological polar surface area (TPSA) is 88.5 Å². The van der Waals surface area contributed by atoms with E-state index in [1.807, 2.05) is 6.92 Å². The lowest BCUT2D eigenvalue weighted by Crippen LogP contribution is -2.22. The van der Waals surface area contributed by atoms with Gasteiger partial charge in [-0.2, -0.15) is 0 Å². The molecule has 0 atom stereocenters. The van der Waals surface area contributed by atoms with Gasteiger partial charge in [-0.25, -0.2) is 0 Å². The van der Waals surface area contributed by atoms with E-state index in [2.05, 4.69) is 0 Å². The third-order valence-corrected chi connectivity index (χ3v) is 3.99. The fourth-order valence-corrected chi connectivity index (χ4v) is 2.98. The third-order valence-electron chi connectivity index (χ3n) is 3.99. The van der Waals surface area contributed by atoms with Gasteiger partial charge in [-0.1, -0.05) is 17.7 Å². The number of ketones is 3. The van der Waals surface area contributed by atoms with Gasteiger partial charge in [0.05, 0.1) is 11.1 Å². The number of aryl methyl sites for hydroxylation is 2. The van der Waals surface area contributed by atoms with E-state index >= 15 is 0 Å². The molecule has 0 spiro atoms. The van der Waals surface area contributed by atoms with Crippen LogP contribution in [0.5, 0.6) is 5.75 Å². The minimum Gasteiger partial charge on any atom is -0.506 e. The highest BCUT2D eigenvalue weighted by atomic mass is 16.3. The highest BCUT2D eigenvalue weighted by Crippen LogP contribution is 2.37. The maximum atomic E-state index is 12.7. The molecule has 0 aliphatic heterocycles. The molecule has 5 heteroatoms. The molecule has 0 fully saturated rings. The fourth-order valence-electron chi connectivity index (χ4n) is 2.98. The predicted molar refractivity (Wildman–Crippen MR) is 92.6 cm³/mol. The van der Waals surface area contributed by atoms with Crippen LogP contribution in [0, 0.1) is 13.8 Å². The molecule has 0 amide bonds. The molecule has 128 valence electrons. The van der Waals surface area contributed by atoms with Crippen molar-refractivity contribution < 1.29 is 24.3 Å². The van der Waals surface area contributed by atoms with Gasteiger partial charge in [-0.3, -0.25) is 14.4 Å². The Morgan fingerprint density at radius 1 is 1.00 bits per heavy atom. The Bertz CT molecular complexity index is 922. The van der Waals surface area contributed by atoms with Crippen LogP contribution in [0.1, 0.15) is 67.2 Å². The van der Waals surface area contributed by atoms with E-state index in [0.717, 1.165) is 11.8 Å². The Balaban J connectivity index is 0.000000701. The van der Waals surface area contributed by atoms with Gasteiger partial charge >= 0.3 is 0 Å². The number of phenols is 1. The van der Waals surface area contributed by atoms with Gasteiger partial charge in [0.1, 0.15) is 12.0 Å². The summed E-state index contributed by atoms with van der Waals surface area (Å²) >= 11 is 0. The molecule has 0 aromatic heterocycles. The summed E-state index contributed by atoms with van der Waals surface area (Å²) in [4.78, 5) is 45.8. The molecule has 0 unspecified atom stereocenters. The van der Waals surface area contributed by atoms with Crippen molar-refractivity contribution in [3.05, 3.63) is 63.2 Å². The minimum atomic E-state index is -0.423. The van der Waals surface area contributed by atoms with Crippen LogP contribution in [0.3, 0.4) is 0 Å². The number of benzene rings is 2. The number of hydrogen-bond donors (Lipinski definition) is 1. The van der Waals surface area contributed by atoms with E-state index in [9.17, 15) is 19.5 Å². The molecule has 0 heterocycles. The number of carbonyl (C=O) groups is 4. The summed E-state index contributed by atoms with van der Waals surface area (Å²) in [6, 6.07) is 6.53. The Morgan fingerprint density at radius 3 is 2.16 bits per heavy atom. The lowest BCUT2D eigenvalue weighted by Gasteiger charge is -2.21. The van der Waals surface area contributed by atoms with Gasteiger partial charge < -0.3 is 9.90 Å². The summed E-state index contributed by atoms with van der Waals surface area (Å²) in [6.07, 6.45) is 0.750. The molecule has 0 bridgehead atoms. The molecule has 1 N–H and O–H groups in total. The van der Waals surface area contributed by atoms with Crippen molar-refractivity contribution in [3.8, 4) is 5.75 Å². The summed E-state index contributed by atoms with van der Waals surface area (Å²) in [5, 5.41) is 10.4. The lowest BCUT2D eigenvalue weighted by atomic mass is 9.80. The van der Waals surface area contributed by atoms with E-state index in [1.165, 1.54) is 19.9 Å². The van der Waals surface area contributed by atoms with Crippen molar-refractivity contribution in [3.63, 3.8) is 0 Å². The predicted octanol–water partition coefficient (Wildman–Crippen LogP) is 3.19. The van der Waals surface area contributed by atoms with Crippen molar-refractivity contribution >= 4 is 23.6 Å². The Kier molecular flexibility index (Phi) is 4.97. The number of Topliss-reactive ketones (excluding diaryl/α,β-unsaturated/α-hetero) is 1. The second kappa shape index (κ2) is 6.81. The molecule has 25 heavy (non-hydrogen) atoms. The van der Waals surface area contributed by atoms with E-state index in [0.29, 0.717) is 11.1 Å². The van der Waals surface area contributed by atoms with Crippen LogP contribution in [0.15, 0.2) is 24.3 Å². The van der Waals surface area contributed by atoms with Crippen LogP contribution in [0.2, 0.25) is 0 Å². The van der Waals surface area contributed by atoms with Crippen LogP contribution < -0.4 is 0 Å². The van der Waals surface area contributed by atoms with E-state index < -0.39 is 11.5 Å². The molecule has 1 aliphatic rings. The summed E-state index contributed by atoms with van der Waals surface area (Å²) in [6.45, 7) is 6.23. The lowest BCUT2D eigenvalue weighted by molar-refractivity contribution is -0.106. The Morgan fingerprint density at radius 2 is 1.60 bits per heavy atom. The van der Waals surface area contributed by atoms with Gasteiger partial charge in [-0.05, 0) is 45.4 Å². The number of rotatable bonds is 1. The van der Waals surface area contributed by atoms with Crippen LogP contribution in [0.25, 0.3) is 0 Å².